The zero-order valence-electron chi connectivity index (χ0n) is 24.2. The second-order valence-corrected chi connectivity index (χ2v) is 11.1. The van der Waals surface area contributed by atoms with Gasteiger partial charge >= 0.3 is 0 Å². The molecule has 0 saturated heterocycles. The van der Waals surface area contributed by atoms with E-state index in [1.54, 1.807) is 0 Å². The van der Waals surface area contributed by atoms with Crippen molar-refractivity contribution in [1.29, 1.82) is 5.26 Å². The highest BCUT2D eigenvalue weighted by atomic mass is 79.9. The van der Waals surface area contributed by atoms with Crippen LogP contribution in [0.25, 0.3) is 0 Å². The molecule has 1 aliphatic rings. The van der Waals surface area contributed by atoms with Gasteiger partial charge in [0.1, 0.15) is 0 Å². The second-order valence-electron chi connectivity index (χ2n) is 10.2. The minimum absolute atomic E-state index is 0.672. The third-order valence-electron chi connectivity index (χ3n) is 6.79. The summed E-state index contributed by atoms with van der Waals surface area (Å²) in [5.41, 5.74) is 9.19. The van der Waals surface area contributed by atoms with E-state index in [4.69, 9.17) is 5.26 Å². The number of halogens is 1. The van der Waals surface area contributed by atoms with Gasteiger partial charge in [-0.25, -0.2) is 0 Å². The highest BCUT2D eigenvalue weighted by molar-refractivity contribution is 9.10. The molecule has 0 aromatic heterocycles. The topological polar surface area (TPSA) is 30.3 Å². The molecule has 3 aromatic rings. The molecule has 0 spiro atoms. The van der Waals surface area contributed by atoms with Crippen molar-refractivity contribution in [2.75, 3.05) is 11.4 Å². The van der Waals surface area contributed by atoms with Gasteiger partial charge in [-0.2, -0.15) is 5.26 Å². The lowest BCUT2D eigenvalue weighted by Gasteiger charge is -2.31. The Balaban J connectivity index is 0.000000547. The summed E-state index contributed by atoms with van der Waals surface area (Å²) in [5, 5.41) is 9.07. The summed E-state index contributed by atoms with van der Waals surface area (Å²) in [4.78, 5) is 4.55. The van der Waals surface area contributed by atoms with Crippen molar-refractivity contribution in [3.63, 3.8) is 0 Å². The maximum Gasteiger partial charge on any atom is 0.0991 e. The van der Waals surface area contributed by atoms with Crippen LogP contribution in [0.4, 0.5) is 5.69 Å². The standard InChI is InChI=1S/C29H30BrN3.C7H10/c1-5-16-32(20-26-10-8-25(18-31)9-11-26)24(4)19-33(29-14-6-22(2)7-15-29)21-27-12-13-28(30)17-23(27)3;1-7-5-3-2-4-6-7/h5-17H,4,19-21H2,1-3H3;3,5-6H,2,4H2,1H3/b16-5-;. The Bertz CT molecular complexity index is 1390. The van der Waals surface area contributed by atoms with Crippen LogP contribution in [0.2, 0.25) is 0 Å². The maximum absolute atomic E-state index is 9.07. The molecule has 0 radical (unpaired) electrons. The Morgan fingerprint density at radius 3 is 2.25 bits per heavy atom. The van der Waals surface area contributed by atoms with Crippen molar-refractivity contribution in [1.82, 2.24) is 4.90 Å². The summed E-state index contributed by atoms with van der Waals surface area (Å²) >= 11 is 3.57. The van der Waals surface area contributed by atoms with Crippen molar-refractivity contribution in [3.05, 3.63) is 147 Å². The van der Waals surface area contributed by atoms with Gasteiger partial charge in [-0.3, -0.25) is 0 Å². The van der Waals surface area contributed by atoms with E-state index >= 15 is 0 Å². The Hall–Kier alpha value is -3.81. The molecular weight excluding hydrogens is 554 g/mol. The van der Waals surface area contributed by atoms with Gasteiger partial charge in [0, 0.05) is 28.9 Å². The van der Waals surface area contributed by atoms with Crippen LogP contribution in [-0.2, 0) is 13.1 Å². The number of allylic oxidation sites excluding steroid dienone is 5. The molecule has 0 N–H and O–H groups in total. The van der Waals surface area contributed by atoms with E-state index in [2.05, 4.69) is 126 Å². The van der Waals surface area contributed by atoms with Crippen LogP contribution < -0.4 is 4.90 Å². The van der Waals surface area contributed by atoms with Gasteiger partial charge in [-0.05, 0) is 99.8 Å². The number of nitriles is 1. The molecule has 206 valence electrons. The molecule has 1 aliphatic carbocycles. The van der Waals surface area contributed by atoms with Crippen LogP contribution >= 0.6 is 15.9 Å². The zero-order chi connectivity index (χ0) is 28.9. The Morgan fingerprint density at radius 2 is 1.70 bits per heavy atom. The van der Waals surface area contributed by atoms with Crippen LogP contribution in [0, 0.1) is 25.2 Å². The fourth-order valence-electron chi connectivity index (χ4n) is 4.42. The number of anilines is 1. The molecule has 0 heterocycles. The molecule has 0 amide bonds. The van der Waals surface area contributed by atoms with Crippen molar-refractivity contribution in [2.45, 2.75) is 53.6 Å². The fraction of sp³-hybridized carbons (Fsp3) is 0.250. The first kappa shape index (κ1) is 30.7. The van der Waals surface area contributed by atoms with E-state index in [0.717, 1.165) is 22.3 Å². The summed E-state index contributed by atoms with van der Waals surface area (Å²) in [6.45, 7) is 15.0. The van der Waals surface area contributed by atoms with Crippen molar-refractivity contribution in [3.8, 4) is 6.07 Å². The summed E-state index contributed by atoms with van der Waals surface area (Å²) in [5.74, 6) is 0. The van der Waals surface area contributed by atoms with E-state index in [1.807, 2.05) is 37.3 Å². The highest BCUT2D eigenvalue weighted by Gasteiger charge is 2.14. The van der Waals surface area contributed by atoms with Crippen LogP contribution in [0.3, 0.4) is 0 Å². The summed E-state index contributed by atoms with van der Waals surface area (Å²) in [6.07, 6.45) is 13.2. The largest absolute Gasteiger partial charge is 0.361 e. The number of aryl methyl sites for hydroxylation is 2. The molecular formula is C36H40BrN3. The maximum atomic E-state index is 9.07. The second kappa shape index (κ2) is 15.7. The summed E-state index contributed by atoms with van der Waals surface area (Å²) in [7, 11) is 0. The average molecular weight is 595 g/mol. The number of nitrogens with zero attached hydrogens (tertiary/aromatic N) is 3. The SMILES string of the molecule is C=C(CN(Cc1ccc(Br)cc1C)c1ccc(C)cc1)N(/C=C\C)Cc1ccc(C#N)cc1.CC1=CCCC=C1. The molecule has 0 aliphatic heterocycles. The van der Waals surface area contributed by atoms with Gasteiger partial charge in [-0.15, -0.1) is 0 Å². The lowest BCUT2D eigenvalue weighted by Crippen LogP contribution is -2.30. The zero-order valence-corrected chi connectivity index (χ0v) is 25.8. The molecule has 0 unspecified atom stereocenters. The molecule has 4 heteroatoms. The van der Waals surface area contributed by atoms with Gasteiger partial charge < -0.3 is 9.80 Å². The van der Waals surface area contributed by atoms with Crippen LogP contribution in [0.15, 0.2) is 120 Å². The Morgan fingerprint density at radius 1 is 0.975 bits per heavy atom. The molecule has 4 rings (SSSR count). The van der Waals surface area contributed by atoms with Gasteiger partial charge in [0.15, 0.2) is 0 Å². The van der Waals surface area contributed by atoms with E-state index in [1.165, 1.54) is 40.8 Å². The summed E-state index contributed by atoms with van der Waals surface area (Å²) in [6, 6.07) is 25.0. The van der Waals surface area contributed by atoms with Gasteiger partial charge in [0.25, 0.3) is 0 Å². The first-order valence-corrected chi connectivity index (χ1v) is 14.5. The molecule has 3 aromatic carbocycles. The number of rotatable bonds is 9. The monoisotopic (exact) mass is 593 g/mol. The van der Waals surface area contributed by atoms with Crippen LogP contribution in [0.1, 0.15) is 54.5 Å². The quantitative estimate of drug-likeness (QED) is 0.247. The van der Waals surface area contributed by atoms with Gasteiger partial charge in [0.2, 0.25) is 0 Å². The molecule has 0 saturated carbocycles. The van der Waals surface area contributed by atoms with Crippen LogP contribution in [0.5, 0.6) is 0 Å². The number of hydrogen-bond acceptors (Lipinski definition) is 3. The molecule has 40 heavy (non-hydrogen) atoms. The Labute approximate surface area is 249 Å². The predicted octanol–water partition coefficient (Wildman–Crippen LogP) is 9.78. The molecule has 0 atom stereocenters. The highest BCUT2D eigenvalue weighted by Crippen LogP contribution is 2.24. The predicted molar refractivity (Wildman–Crippen MR) is 174 cm³/mol. The summed E-state index contributed by atoms with van der Waals surface area (Å²) < 4.78 is 1.09. The third kappa shape index (κ3) is 9.74. The van der Waals surface area contributed by atoms with Gasteiger partial charge in [-0.1, -0.05) is 88.3 Å². The van der Waals surface area contributed by atoms with E-state index < -0.39 is 0 Å². The third-order valence-corrected chi connectivity index (χ3v) is 7.28. The minimum Gasteiger partial charge on any atom is -0.361 e. The lowest BCUT2D eigenvalue weighted by atomic mass is 10.1. The van der Waals surface area contributed by atoms with E-state index in [9.17, 15) is 0 Å². The van der Waals surface area contributed by atoms with Crippen molar-refractivity contribution in [2.24, 2.45) is 0 Å². The molecule has 0 fully saturated rings. The molecule has 0 bridgehead atoms. The number of benzene rings is 3. The first-order valence-electron chi connectivity index (χ1n) is 13.7. The Kier molecular flexibility index (Phi) is 12.1. The fourth-order valence-corrected chi connectivity index (χ4v) is 4.90. The average Bonchev–Trinajstić information content (AvgIpc) is 2.95. The van der Waals surface area contributed by atoms with Crippen molar-refractivity contribution < 1.29 is 0 Å². The van der Waals surface area contributed by atoms with Crippen LogP contribution in [-0.4, -0.2) is 11.4 Å². The van der Waals surface area contributed by atoms with E-state index in [0.29, 0.717) is 18.7 Å². The first-order chi connectivity index (χ1) is 19.3. The van der Waals surface area contributed by atoms with Crippen molar-refractivity contribution >= 4 is 21.6 Å². The van der Waals surface area contributed by atoms with Gasteiger partial charge in [0.05, 0.1) is 18.2 Å². The number of hydrogen-bond donors (Lipinski definition) is 0. The molecule has 3 nitrogen and oxygen atoms in total. The lowest BCUT2D eigenvalue weighted by molar-refractivity contribution is 0.448. The van der Waals surface area contributed by atoms with E-state index in [-0.39, 0.29) is 0 Å². The minimum atomic E-state index is 0.672. The normalized spacial score (nSPS) is 12.2. The smallest absolute Gasteiger partial charge is 0.0991 e.